The molecule has 0 radical (unpaired) electrons. The zero-order valence-electron chi connectivity index (χ0n) is 14.0. The summed E-state index contributed by atoms with van der Waals surface area (Å²) in [6, 6.07) is 7.59. The number of aliphatic carboxylic acids is 1. The number of rotatable bonds is 2. The van der Waals surface area contributed by atoms with Gasteiger partial charge in [-0.1, -0.05) is 50.3 Å². The van der Waals surface area contributed by atoms with Crippen molar-refractivity contribution in [2.24, 2.45) is 0 Å². The minimum absolute atomic E-state index is 0.0666. The number of fused-ring (bicyclic) bond motifs is 1. The Bertz CT molecular complexity index is 657. The van der Waals surface area contributed by atoms with Crippen LogP contribution in [0.5, 0.6) is 0 Å². The predicted octanol–water partition coefficient (Wildman–Crippen LogP) is 3.96. The third kappa shape index (κ3) is 2.19. The van der Waals surface area contributed by atoms with E-state index in [-0.39, 0.29) is 11.9 Å². The van der Waals surface area contributed by atoms with Crippen molar-refractivity contribution in [2.45, 2.75) is 75.3 Å². The SMILES string of the molecule is O=C(O)[C@H]1c2ccccc2C(=O)N(C2CCCC2)C12CCCCC2. The predicted molar refractivity (Wildman–Crippen MR) is 91.1 cm³/mol. The molecule has 0 unspecified atom stereocenters. The van der Waals surface area contributed by atoms with Crippen molar-refractivity contribution in [3.05, 3.63) is 35.4 Å². The molecule has 1 heterocycles. The fourth-order valence-corrected chi connectivity index (χ4v) is 5.45. The Balaban J connectivity index is 1.90. The Kier molecular flexibility index (Phi) is 3.86. The molecular weight excluding hydrogens is 302 g/mol. The fourth-order valence-electron chi connectivity index (χ4n) is 5.45. The maximum Gasteiger partial charge on any atom is 0.313 e. The van der Waals surface area contributed by atoms with Crippen LogP contribution in [0.2, 0.25) is 0 Å². The van der Waals surface area contributed by atoms with Crippen molar-refractivity contribution in [1.29, 1.82) is 0 Å². The molecule has 128 valence electrons. The van der Waals surface area contributed by atoms with E-state index >= 15 is 0 Å². The van der Waals surface area contributed by atoms with E-state index in [0.29, 0.717) is 5.56 Å². The minimum atomic E-state index is -0.778. The van der Waals surface area contributed by atoms with Gasteiger partial charge >= 0.3 is 5.97 Å². The van der Waals surface area contributed by atoms with Gasteiger partial charge in [-0.3, -0.25) is 9.59 Å². The molecule has 1 aromatic carbocycles. The number of carboxylic acid groups (broad SMARTS) is 1. The van der Waals surface area contributed by atoms with Crippen LogP contribution in [0.4, 0.5) is 0 Å². The van der Waals surface area contributed by atoms with Crippen LogP contribution in [-0.4, -0.2) is 33.5 Å². The molecule has 2 aliphatic carbocycles. The first-order valence-corrected chi connectivity index (χ1v) is 9.30. The highest BCUT2D eigenvalue weighted by atomic mass is 16.4. The van der Waals surface area contributed by atoms with E-state index in [0.717, 1.165) is 63.4 Å². The molecule has 1 spiro atoms. The van der Waals surface area contributed by atoms with Crippen molar-refractivity contribution in [1.82, 2.24) is 4.90 Å². The van der Waals surface area contributed by atoms with Gasteiger partial charge in [-0.25, -0.2) is 0 Å². The van der Waals surface area contributed by atoms with Crippen LogP contribution < -0.4 is 0 Å². The molecule has 3 aliphatic rings. The van der Waals surface area contributed by atoms with E-state index in [1.165, 1.54) is 0 Å². The summed E-state index contributed by atoms with van der Waals surface area (Å²) in [5.41, 5.74) is 0.809. The monoisotopic (exact) mass is 327 g/mol. The molecule has 2 fully saturated rings. The second kappa shape index (κ2) is 5.91. The van der Waals surface area contributed by atoms with Crippen molar-refractivity contribution in [3.8, 4) is 0 Å². The Morgan fingerprint density at radius 3 is 2.38 bits per heavy atom. The van der Waals surface area contributed by atoms with Crippen LogP contribution in [0, 0.1) is 0 Å². The van der Waals surface area contributed by atoms with Crippen LogP contribution in [0.15, 0.2) is 24.3 Å². The Labute approximate surface area is 142 Å². The second-order valence-electron chi connectivity index (χ2n) is 7.64. The first-order chi connectivity index (χ1) is 11.6. The summed E-state index contributed by atoms with van der Waals surface area (Å²) in [5.74, 6) is -1.30. The molecule has 4 heteroatoms. The van der Waals surface area contributed by atoms with E-state index in [4.69, 9.17) is 0 Å². The molecule has 0 aromatic heterocycles. The number of carboxylic acids is 1. The molecule has 2 saturated carbocycles. The maximum absolute atomic E-state index is 13.4. The maximum atomic E-state index is 13.4. The number of carbonyl (C=O) groups excluding carboxylic acids is 1. The molecule has 24 heavy (non-hydrogen) atoms. The highest BCUT2D eigenvalue weighted by molar-refractivity contribution is 6.01. The number of amides is 1. The second-order valence-corrected chi connectivity index (χ2v) is 7.64. The van der Waals surface area contributed by atoms with Crippen LogP contribution in [0.1, 0.15) is 79.6 Å². The zero-order valence-corrected chi connectivity index (χ0v) is 14.0. The first kappa shape index (κ1) is 15.7. The lowest BCUT2D eigenvalue weighted by Crippen LogP contribution is -2.64. The lowest BCUT2D eigenvalue weighted by Gasteiger charge is -2.55. The van der Waals surface area contributed by atoms with Gasteiger partial charge in [0.15, 0.2) is 0 Å². The van der Waals surface area contributed by atoms with Gasteiger partial charge in [0.2, 0.25) is 0 Å². The molecular formula is C20H25NO3. The van der Waals surface area contributed by atoms with E-state index < -0.39 is 17.4 Å². The molecule has 4 nitrogen and oxygen atoms in total. The summed E-state index contributed by atoms with van der Waals surface area (Å²) < 4.78 is 0. The standard InChI is InChI=1S/C20H25NO3/c22-18-16-11-5-4-10-15(16)17(19(23)24)20(12-6-1-7-13-20)21(18)14-8-2-3-9-14/h4-5,10-11,14,17H,1-3,6-9,12-13H2,(H,23,24)/t17-/m1/s1. The summed E-state index contributed by atoms with van der Waals surface area (Å²) in [5, 5.41) is 10.1. The Morgan fingerprint density at radius 2 is 1.71 bits per heavy atom. The number of hydrogen-bond acceptors (Lipinski definition) is 2. The number of nitrogens with zero attached hydrogens (tertiary/aromatic N) is 1. The van der Waals surface area contributed by atoms with Gasteiger partial charge in [-0.05, 0) is 37.3 Å². The number of hydrogen-bond donors (Lipinski definition) is 1. The lowest BCUT2D eigenvalue weighted by atomic mass is 9.65. The average molecular weight is 327 g/mol. The summed E-state index contributed by atoms with van der Waals surface area (Å²) >= 11 is 0. The van der Waals surface area contributed by atoms with Crippen molar-refractivity contribution >= 4 is 11.9 Å². The van der Waals surface area contributed by atoms with Gasteiger partial charge in [-0.2, -0.15) is 0 Å². The van der Waals surface area contributed by atoms with Crippen LogP contribution in [0.25, 0.3) is 0 Å². The average Bonchev–Trinajstić information content (AvgIpc) is 3.09. The summed E-state index contributed by atoms with van der Waals surface area (Å²) in [4.78, 5) is 27.7. The number of benzene rings is 1. The highest BCUT2D eigenvalue weighted by Crippen LogP contribution is 2.51. The van der Waals surface area contributed by atoms with Crippen molar-refractivity contribution < 1.29 is 14.7 Å². The highest BCUT2D eigenvalue weighted by Gasteiger charge is 2.56. The topological polar surface area (TPSA) is 57.6 Å². The number of carbonyl (C=O) groups is 2. The van der Waals surface area contributed by atoms with Gasteiger partial charge in [-0.15, -0.1) is 0 Å². The molecule has 0 saturated heterocycles. The van der Waals surface area contributed by atoms with Crippen LogP contribution in [-0.2, 0) is 4.79 Å². The van der Waals surface area contributed by atoms with Gasteiger partial charge in [0.25, 0.3) is 5.91 Å². The molecule has 1 aliphatic heterocycles. The Hall–Kier alpha value is -1.84. The zero-order chi connectivity index (χ0) is 16.7. The molecule has 4 rings (SSSR count). The molecule has 0 bridgehead atoms. The van der Waals surface area contributed by atoms with Crippen molar-refractivity contribution in [3.63, 3.8) is 0 Å². The van der Waals surface area contributed by atoms with E-state index in [1.807, 2.05) is 29.2 Å². The van der Waals surface area contributed by atoms with Crippen LogP contribution >= 0.6 is 0 Å². The third-order valence-electron chi connectivity index (χ3n) is 6.39. The van der Waals surface area contributed by atoms with Crippen molar-refractivity contribution in [2.75, 3.05) is 0 Å². The fraction of sp³-hybridized carbons (Fsp3) is 0.600. The quantitative estimate of drug-likeness (QED) is 0.894. The largest absolute Gasteiger partial charge is 0.481 e. The molecule has 1 atom stereocenters. The summed E-state index contributed by atoms with van der Waals surface area (Å²) in [7, 11) is 0. The third-order valence-corrected chi connectivity index (χ3v) is 6.39. The lowest BCUT2D eigenvalue weighted by molar-refractivity contribution is -0.144. The van der Waals surface area contributed by atoms with Crippen LogP contribution in [0.3, 0.4) is 0 Å². The summed E-state index contributed by atoms with van der Waals surface area (Å²) in [6.07, 6.45) is 9.13. The van der Waals surface area contributed by atoms with Gasteiger partial charge in [0, 0.05) is 11.6 Å². The van der Waals surface area contributed by atoms with E-state index in [2.05, 4.69) is 0 Å². The molecule has 1 N–H and O–H groups in total. The van der Waals surface area contributed by atoms with E-state index in [1.54, 1.807) is 0 Å². The smallest absolute Gasteiger partial charge is 0.313 e. The normalized spacial score (nSPS) is 26.6. The molecule has 1 amide bonds. The minimum Gasteiger partial charge on any atom is -0.481 e. The Morgan fingerprint density at radius 1 is 1.04 bits per heavy atom. The van der Waals surface area contributed by atoms with Gasteiger partial charge in [0.05, 0.1) is 5.54 Å². The van der Waals surface area contributed by atoms with Gasteiger partial charge in [0.1, 0.15) is 5.92 Å². The van der Waals surface area contributed by atoms with E-state index in [9.17, 15) is 14.7 Å². The first-order valence-electron chi connectivity index (χ1n) is 9.30. The summed E-state index contributed by atoms with van der Waals surface area (Å²) in [6.45, 7) is 0. The molecule has 1 aromatic rings. The van der Waals surface area contributed by atoms with Gasteiger partial charge < -0.3 is 10.0 Å².